The van der Waals surface area contributed by atoms with Gasteiger partial charge in [0.25, 0.3) is 0 Å². The number of pyridine rings is 1. The number of hydrogen-bond acceptors (Lipinski definition) is 3. The molecular formula is C13H10F5N2O2S+. The van der Waals surface area contributed by atoms with E-state index in [1.807, 2.05) is 0 Å². The third-order valence-corrected chi connectivity index (χ3v) is 4.68. The molecule has 0 fully saturated rings. The quantitative estimate of drug-likeness (QED) is 0.367. The maximum Gasteiger partial charge on any atom is 0.405 e. The van der Waals surface area contributed by atoms with Gasteiger partial charge in [-0.15, -0.1) is 0 Å². The number of aromatic nitrogens is 1. The fraction of sp³-hybridized carbons (Fsp3) is 0.154. The van der Waals surface area contributed by atoms with Crippen LogP contribution in [-0.2, 0) is 10.0 Å². The Morgan fingerprint density at radius 1 is 0.826 bits per heavy atom. The van der Waals surface area contributed by atoms with Gasteiger partial charge in [0.05, 0.1) is 0 Å². The third kappa shape index (κ3) is 2.74. The number of hydrogen-bond donors (Lipinski definition) is 0. The van der Waals surface area contributed by atoms with Crippen molar-refractivity contribution in [2.24, 2.45) is 0 Å². The van der Waals surface area contributed by atoms with Crippen LogP contribution in [0.1, 0.15) is 0 Å². The van der Waals surface area contributed by atoms with Crippen LogP contribution in [-0.4, -0.2) is 22.5 Å². The first-order chi connectivity index (χ1) is 10.6. The number of anilines is 1. The van der Waals surface area contributed by atoms with Crippen molar-refractivity contribution in [2.45, 2.75) is 4.90 Å². The number of benzene rings is 1. The first-order valence-electron chi connectivity index (χ1n) is 6.04. The van der Waals surface area contributed by atoms with Gasteiger partial charge in [0.1, 0.15) is 0 Å². The highest BCUT2D eigenvalue weighted by molar-refractivity contribution is 7.85. The first-order valence-corrected chi connectivity index (χ1v) is 7.48. The normalized spacial score (nSPS) is 11.6. The lowest BCUT2D eigenvalue weighted by atomic mass is 10.3. The predicted molar refractivity (Wildman–Crippen MR) is 69.8 cm³/mol. The van der Waals surface area contributed by atoms with Gasteiger partial charge in [-0.25, -0.2) is 22.0 Å². The molecule has 0 aliphatic rings. The van der Waals surface area contributed by atoms with Crippen LogP contribution in [0.3, 0.4) is 0 Å². The molecule has 0 saturated carbocycles. The highest BCUT2D eigenvalue weighted by atomic mass is 32.2. The molecule has 2 aromatic rings. The Labute approximate surface area is 128 Å². The molecule has 2 rings (SSSR count). The van der Waals surface area contributed by atoms with Gasteiger partial charge in [-0.05, 0) is 0 Å². The molecule has 0 spiro atoms. The van der Waals surface area contributed by atoms with Crippen molar-refractivity contribution < 1.29 is 34.3 Å². The van der Waals surface area contributed by atoms with Gasteiger partial charge >= 0.3 is 10.0 Å². The molecule has 23 heavy (non-hydrogen) atoms. The lowest BCUT2D eigenvalue weighted by Crippen LogP contribution is -2.43. The Morgan fingerprint density at radius 2 is 1.22 bits per heavy atom. The summed E-state index contributed by atoms with van der Waals surface area (Å²) in [4.78, 5) is -0.286. The summed E-state index contributed by atoms with van der Waals surface area (Å²) in [5.74, 6) is -11.9. The summed E-state index contributed by atoms with van der Waals surface area (Å²) in [7, 11) is -1.67. The fourth-order valence-electron chi connectivity index (χ4n) is 1.78. The van der Waals surface area contributed by atoms with Crippen LogP contribution >= 0.6 is 0 Å². The van der Waals surface area contributed by atoms with Crippen molar-refractivity contribution in [2.75, 3.05) is 19.0 Å². The number of rotatable bonds is 3. The summed E-state index contributed by atoms with van der Waals surface area (Å²) >= 11 is 0. The average Bonchev–Trinajstić information content (AvgIpc) is 2.51. The molecule has 0 aliphatic carbocycles. The zero-order chi connectivity index (χ0) is 17.5. The van der Waals surface area contributed by atoms with Crippen molar-refractivity contribution in [3.8, 4) is 0 Å². The molecule has 4 nitrogen and oxygen atoms in total. The number of nitrogens with zero attached hydrogens (tertiary/aromatic N) is 2. The van der Waals surface area contributed by atoms with E-state index in [0.717, 1.165) is 12.4 Å². The monoisotopic (exact) mass is 353 g/mol. The summed E-state index contributed by atoms with van der Waals surface area (Å²) in [6, 6.07) is 2.59. The molecule has 0 bridgehead atoms. The zero-order valence-electron chi connectivity index (χ0n) is 11.8. The maximum atomic E-state index is 13.7. The van der Waals surface area contributed by atoms with Gasteiger partial charge in [0.2, 0.25) is 10.7 Å². The summed E-state index contributed by atoms with van der Waals surface area (Å²) in [5.41, 5.74) is 0.564. The molecule has 124 valence electrons. The van der Waals surface area contributed by atoms with E-state index >= 15 is 0 Å². The van der Waals surface area contributed by atoms with Gasteiger partial charge in [-0.1, -0.05) is 3.97 Å². The summed E-state index contributed by atoms with van der Waals surface area (Å²) < 4.78 is 91.4. The summed E-state index contributed by atoms with van der Waals surface area (Å²) in [6.45, 7) is 0. The molecule has 0 saturated heterocycles. The standard InChI is InChI=1S/C13H10F5N2O2S/c1-19(2)7-3-5-20(6-4-7)23(21,22)13-11(17)9(15)8(14)10(16)12(13)18/h3-6H,1-2H3/q+1. The van der Waals surface area contributed by atoms with Crippen LogP contribution in [0, 0.1) is 29.1 Å². The minimum atomic E-state index is -5.00. The van der Waals surface area contributed by atoms with E-state index in [0.29, 0.717) is 9.66 Å². The maximum absolute atomic E-state index is 13.7. The van der Waals surface area contributed by atoms with Crippen molar-refractivity contribution in [1.82, 2.24) is 0 Å². The molecule has 0 aliphatic heterocycles. The molecule has 1 aromatic carbocycles. The molecule has 0 unspecified atom stereocenters. The lowest BCUT2D eigenvalue weighted by molar-refractivity contribution is -0.511. The Morgan fingerprint density at radius 3 is 1.61 bits per heavy atom. The smallest absolute Gasteiger partial charge is 0.377 e. The van der Waals surface area contributed by atoms with Gasteiger partial charge < -0.3 is 4.90 Å². The van der Waals surface area contributed by atoms with E-state index < -0.39 is 44.0 Å². The Bertz CT molecular complexity index is 838. The largest absolute Gasteiger partial charge is 0.405 e. The minimum Gasteiger partial charge on any atom is -0.377 e. The Balaban J connectivity index is 2.70. The van der Waals surface area contributed by atoms with Crippen LogP contribution in [0.2, 0.25) is 0 Å². The number of halogens is 5. The molecule has 1 aromatic heterocycles. The molecular weight excluding hydrogens is 343 g/mol. The van der Waals surface area contributed by atoms with Gasteiger partial charge in [0, 0.05) is 31.9 Å². The van der Waals surface area contributed by atoms with Crippen molar-refractivity contribution in [1.29, 1.82) is 0 Å². The van der Waals surface area contributed by atoms with Crippen molar-refractivity contribution >= 4 is 15.7 Å². The lowest BCUT2D eigenvalue weighted by Gasteiger charge is -2.10. The summed E-state index contributed by atoms with van der Waals surface area (Å²) in [5, 5.41) is 0. The molecule has 10 heteroatoms. The second-order valence-corrected chi connectivity index (χ2v) is 6.46. The van der Waals surface area contributed by atoms with Gasteiger partial charge in [0.15, 0.2) is 35.7 Å². The van der Waals surface area contributed by atoms with Crippen LogP contribution in [0.5, 0.6) is 0 Å². The van der Waals surface area contributed by atoms with Crippen molar-refractivity contribution in [3.05, 3.63) is 53.6 Å². The van der Waals surface area contributed by atoms with E-state index in [9.17, 15) is 30.4 Å². The van der Waals surface area contributed by atoms with Gasteiger partial charge in [-0.2, -0.15) is 8.42 Å². The predicted octanol–water partition coefficient (Wildman–Crippen LogP) is 1.97. The fourth-order valence-corrected chi connectivity index (χ4v) is 3.07. The van der Waals surface area contributed by atoms with E-state index in [1.54, 1.807) is 19.0 Å². The first kappa shape index (κ1) is 17.1. The zero-order valence-corrected chi connectivity index (χ0v) is 12.6. The van der Waals surface area contributed by atoms with Crippen LogP contribution in [0.15, 0.2) is 29.4 Å². The van der Waals surface area contributed by atoms with Crippen LogP contribution in [0.4, 0.5) is 27.6 Å². The summed E-state index contributed by atoms with van der Waals surface area (Å²) in [6.07, 6.45) is 1.87. The Hall–Kier alpha value is -2.23. The molecule has 0 radical (unpaired) electrons. The van der Waals surface area contributed by atoms with E-state index in [2.05, 4.69) is 0 Å². The van der Waals surface area contributed by atoms with E-state index in [4.69, 9.17) is 0 Å². The molecule has 0 N–H and O–H groups in total. The second kappa shape index (κ2) is 5.76. The second-order valence-electron chi connectivity index (χ2n) is 4.68. The van der Waals surface area contributed by atoms with Crippen molar-refractivity contribution in [3.63, 3.8) is 0 Å². The highest BCUT2D eigenvalue weighted by Gasteiger charge is 2.39. The van der Waals surface area contributed by atoms with E-state index in [-0.39, 0.29) is 0 Å². The minimum absolute atomic E-state index is 0.359. The highest BCUT2D eigenvalue weighted by Crippen LogP contribution is 2.26. The van der Waals surface area contributed by atoms with Crippen LogP contribution < -0.4 is 8.87 Å². The molecule has 0 atom stereocenters. The Kier molecular flexibility index (Phi) is 4.29. The SMILES string of the molecule is CN(C)c1cc[n+](S(=O)(=O)c2c(F)c(F)c(F)c(F)c2F)cc1. The van der Waals surface area contributed by atoms with E-state index in [1.165, 1.54) is 12.1 Å². The molecule has 1 heterocycles. The molecule has 0 amide bonds. The van der Waals surface area contributed by atoms with Gasteiger partial charge in [-0.3, -0.25) is 0 Å². The van der Waals surface area contributed by atoms with Crippen LogP contribution in [0.25, 0.3) is 0 Å². The average molecular weight is 353 g/mol. The third-order valence-electron chi connectivity index (χ3n) is 3.01. The topological polar surface area (TPSA) is 41.3 Å².